The van der Waals surface area contributed by atoms with E-state index in [-0.39, 0.29) is 12.2 Å². The molecular formula is C25H17BrClN3O2. The minimum atomic E-state index is -0.512. The quantitative estimate of drug-likeness (QED) is 0.309. The van der Waals surface area contributed by atoms with Gasteiger partial charge in [0, 0.05) is 11.3 Å². The van der Waals surface area contributed by atoms with Crippen molar-refractivity contribution in [3.8, 4) is 17.9 Å². The van der Waals surface area contributed by atoms with Crippen molar-refractivity contribution < 1.29 is 9.53 Å². The van der Waals surface area contributed by atoms with Crippen LogP contribution in [-0.2, 0) is 11.4 Å². The lowest BCUT2D eigenvalue weighted by Crippen LogP contribution is -2.14. The summed E-state index contributed by atoms with van der Waals surface area (Å²) in [5, 5.41) is 21.7. The van der Waals surface area contributed by atoms with E-state index in [2.05, 4.69) is 27.3 Å². The van der Waals surface area contributed by atoms with Crippen LogP contribution in [0.25, 0.3) is 6.08 Å². The Morgan fingerprint density at radius 1 is 1.16 bits per heavy atom. The molecule has 3 aromatic rings. The van der Waals surface area contributed by atoms with E-state index in [1.165, 1.54) is 6.08 Å². The summed E-state index contributed by atoms with van der Waals surface area (Å²) in [4.78, 5) is 12.6. The van der Waals surface area contributed by atoms with E-state index in [0.717, 1.165) is 11.1 Å². The zero-order valence-electron chi connectivity index (χ0n) is 17.0. The Morgan fingerprint density at radius 3 is 2.56 bits per heavy atom. The fourth-order valence-electron chi connectivity index (χ4n) is 2.92. The first-order chi connectivity index (χ1) is 15.4. The molecule has 1 N–H and O–H groups in total. The van der Waals surface area contributed by atoms with Crippen LogP contribution >= 0.6 is 27.5 Å². The number of hydrogen-bond donors (Lipinski definition) is 1. The molecule has 0 aliphatic carbocycles. The summed E-state index contributed by atoms with van der Waals surface area (Å²) in [7, 11) is 0. The largest absolute Gasteiger partial charge is 0.486 e. The van der Waals surface area contributed by atoms with Crippen molar-refractivity contribution in [3.63, 3.8) is 0 Å². The number of amides is 1. The summed E-state index contributed by atoms with van der Waals surface area (Å²) >= 11 is 9.83. The van der Waals surface area contributed by atoms with E-state index >= 15 is 0 Å². The molecule has 3 aromatic carbocycles. The number of nitrogens with one attached hydrogen (secondary N) is 1. The minimum Gasteiger partial charge on any atom is -0.486 e. The smallest absolute Gasteiger partial charge is 0.266 e. The molecule has 7 heteroatoms. The molecule has 0 spiro atoms. The van der Waals surface area contributed by atoms with E-state index in [4.69, 9.17) is 16.3 Å². The molecule has 0 aromatic heterocycles. The van der Waals surface area contributed by atoms with Gasteiger partial charge in [0.05, 0.1) is 21.1 Å². The van der Waals surface area contributed by atoms with Crippen molar-refractivity contribution in [2.75, 3.05) is 5.32 Å². The maximum absolute atomic E-state index is 12.6. The number of halogens is 2. The number of ether oxygens (including phenoxy) is 1. The molecule has 0 radical (unpaired) electrons. The third-order valence-electron chi connectivity index (χ3n) is 4.60. The Balaban J connectivity index is 1.80. The predicted octanol–water partition coefficient (Wildman–Crippen LogP) is 6.41. The summed E-state index contributed by atoms with van der Waals surface area (Å²) in [6, 6.07) is 21.8. The predicted molar refractivity (Wildman–Crippen MR) is 128 cm³/mol. The molecule has 5 nitrogen and oxygen atoms in total. The van der Waals surface area contributed by atoms with Crippen molar-refractivity contribution in [1.29, 1.82) is 10.5 Å². The number of hydrogen-bond acceptors (Lipinski definition) is 4. The number of nitrogens with zero attached hydrogens (tertiary/aromatic N) is 2. The van der Waals surface area contributed by atoms with E-state index in [0.29, 0.717) is 32.1 Å². The summed E-state index contributed by atoms with van der Waals surface area (Å²) in [5.41, 5.74) is 3.29. The lowest BCUT2D eigenvalue weighted by atomic mass is 10.1. The van der Waals surface area contributed by atoms with Gasteiger partial charge in [-0.25, -0.2) is 0 Å². The lowest BCUT2D eigenvalue weighted by molar-refractivity contribution is -0.112. The summed E-state index contributed by atoms with van der Waals surface area (Å²) in [6.07, 6.45) is 1.46. The van der Waals surface area contributed by atoms with E-state index in [1.807, 2.05) is 43.3 Å². The molecule has 0 bridgehead atoms. The minimum absolute atomic E-state index is 0.0622. The monoisotopic (exact) mass is 505 g/mol. The molecule has 0 aliphatic rings. The molecule has 0 fully saturated rings. The Labute approximate surface area is 199 Å². The van der Waals surface area contributed by atoms with Crippen LogP contribution < -0.4 is 10.1 Å². The SMILES string of the molecule is Cc1ccccc1NC(=O)/C(C#N)=C\c1cc(Cl)c(OCc2ccccc2C#N)c(Br)c1. The molecule has 0 saturated carbocycles. The van der Waals surface area contributed by atoms with Crippen molar-refractivity contribution in [3.05, 3.63) is 98.0 Å². The topological polar surface area (TPSA) is 85.9 Å². The first-order valence-electron chi connectivity index (χ1n) is 9.51. The van der Waals surface area contributed by atoms with Gasteiger partial charge in [-0.15, -0.1) is 0 Å². The Morgan fingerprint density at radius 2 is 1.88 bits per heavy atom. The number of para-hydroxylation sites is 1. The van der Waals surface area contributed by atoms with Gasteiger partial charge < -0.3 is 10.1 Å². The molecule has 3 rings (SSSR count). The first kappa shape index (κ1) is 23.1. The number of carbonyl (C=O) groups excluding carboxylic acids is 1. The lowest BCUT2D eigenvalue weighted by Gasteiger charge is -2.12. The van der Waals surface area contributed by atoms with Crippen LogP contribution in [0, 0.1) is 29.6 Å². The highest BCUT2D eigenvalue weighted by atomic mass is 79.9. The summed E-state index contributed by atoms with van der Waals surface area (Å²) in [5.74, 6) is -0.109. The van der Waals surface area contributed by atoms with Crippen molar-refractivity contribution >= 4 is 45.2 Å². The zero-order valence-corrected chi connectivity index (χ0v) is 19.4. The molecule has 1 amide bonds. The highest BCUT2D eigenvalue weighted by Gasteiger charge is 2.14. The van der Waals surface area contributed by atoms with Crippen LogP contribution in [-0.4, -0.2) is 5.91 Å². The molecular weight excluding hydrogens is 490 g/mol. The molecule has 0 saturated heterocycles. The second-order valence-corrected chi connectivity index (χ2v) is 8.07. The van der Waals surface area contributed by atoms with Gasteiger partial charge in [0.25, 0.3) is 5.91 Å². The van der Waals surface area contributed by atoms with Gasteiger partial charge in [0.1, 0.15) is 18.2 Å². The van der Waals surface area contributed by atoms with Gasteiger partial charge in [-0.2, -0.15) is 10.5 Å². The molecule has 0 atom stereocenters. The number of benzene rings is 3. The van der Waals surface area contributed by atoms with Crippen LogP contribution in [0.1, 0.15) is 22.3 Å². The summed E-state index contributed by atoms with van der Waals surface area (Å²) in [6.45, 7) is 2.04. The average Bonchev–Trinajstić information content (AvgIpc) is 2.78. The Kier molecular flexibility index (Phi) is 7.68. The highest BCUT2D eigenvalue weighted by molar-refractivity contribution is 9.10. The summed E-state index contributed by atoms with van der Waals surface area (Å²) < 4.78 is 6.38. The zero-order chi connectivity index (χ0) is 23.1. The molecule has 158 valence electrons. The maximum atomic E-state index is 12.6. The van der Waals surface area contributed by atoms with Crippen LogP contribution in [0.4, 0.5) is 5.69 Å². The van der Waals surface area contributed by atoms with Gasteiger partial charge in [0.2, 0.25) is 0 Å². The van der Waals surface area contributed by atoms with Gasteiger partial charge in [-0.3, -0.25) is 4.79 Å². The Hall–Kier alpha value is -3.58. The highest BCUT2D eigenvalue weighted by Crippen LogP contribution is 2.36. The van der Waals surface area contributed by atoms with Gasteiger partial charge in [0.15, 0.2) is 5.75 Å². The van der Waals surface area contributed by atoms with E-state index in [1.54, 1.807) is 30.3 Å². The van der Waals surface area contributed by atoms with Gasteiger partial charge >= 0.3 is 0 Å². The van der Waals surface area contributed by atoms with Crippen molar-refractivity contribution in [2.45, 2.75) is 13.5 Å². The van der Waals surface area contributed by atoms with Crippen LogP contribution in [0.15, 0.2) is 70.7 Å². The number of carbonyl (C=O) groups is 1. The van der Waals surface area contributed by atoms with Crippen molar-refractivity contribution in [2.24, 2.45) is 0 Å². The first-order valence-corrected chi connectivity index (χ1v) is 10.7. The molecule has 0 aliphatic heterocycles. The average molecular weight is 507 g/mol. The number of rotatable bonds is 6. The third-order valence-corrected chi connectivity index (χ3v) is 5.47. The molecule has 0 unspecified atom stereocenters. The van der Waals surface area contributed by atoms with Crippen molar-refractivity contribution in [1.82, 2.24) is 0 Å². The van der Waals surface area contributed by atoms with Crippen LogP contribution in [0.2, 0.25) is 5.02 Å². The molecule has 32 heavy (non-hydrogen) atoms. The molecule has 0 heterocycles. The third kappa shape index (κ3) is 5.56. The van der Waals surface area contributed by atoms with E-state index in [9.17, 15) is 15.3 Å². The maximum Gasteiger partial charge on any atom is 0.266 e. The second kappa shape index (κ2) is 10.6. The fraction of sp³-hybridized carbons (Fsp3) is 0.0800. The standard InChI is InChI=1S/C25H17BrClN3O2/c1-16-6-2-5-9-23(16)30-25(31)20(14-29)10-17-11-21(26)24(22(27)12-17)32-15-19-8-4-3-7-18(19)13-28/h2-12H,15H2,1H3,(H,30,31)/b20-10-. The van der Waals surface area contributed by atoms with E-state index < -0.39 is 5.91 Å². The number of anilines is 1. The fourth-order valence-corrected chi connectivity index (χ4v) is 3.91. The normalized spacial score (nSPS) is 10.7. The van der Waals surface area contributed by atoms with Gasteiger partial charge in [-0.05, 0) is 64.3 Å². The number of nitriles is 2. The van der Waals surface area contributed by atoms with Crippen LogP contribution in [0.5, 0.6) is 5.75 Å². The number of aryl methyl sites for hydroxylation is 1. The van der Waals surface area contributed by atoms with Gasteiger partial charge in [-0.1, -0.05) is 48.0 Å². The van der Waals surface area contributed by atoms with Crippen LogP contribution in [0.3, 0.4) is 0 Å². The second-order valence-electron chi connectivity index (χ2n) is 6.81. The Bertz CT molecular complexity index is 1270.